The number of hydrogen-bond donors (Lipinski definition) is 2. The van der Waals surface area contributed by atoms with Crippen LogP contribution in [0.15, 0.2) is 0 Å². The van der Waals surface area contributed by atoms with E-state index in [1.807, 2.05) is 0 Å². The third-order valence-corrected chi connectivity index (χ3v) is 0. The van der Waals surface area contributed by atoms with Crippen molar-refractivity contribution in [2.24, 2.45) is 0 Å². The van der Waals surface area contributed by atoms with Gasteiger partial charge in [0.05, 0.1) is 0 Å². The third-order valence-electron chi connectivity index (χ3n) is 0. The van der Waals surface area contributed by atoms with Crippen LogP contribution in [0.25, 0.3) is 0 Å². The molecule has 86 valence electrons. The van der Waals surface area contributed by atoms with Gasteiger partial charge in [-0.25, -0.2) is 0 Å². The van der Waals surface area contributed by atoms with E-state index >= 15 is 0 Å². The van der Waals surface area contributed by atoms with Crippen LogP contribution in [0.1, 0.15) is 0 Å². The van der Waals surface area contributed by atoms with E-state index in [0.717, 1.165) is 10.1 Å². The van der Waals surface area contributed by atoms with Gasteiger partial charge < -0.3 is 10.4 Å². The zero-order valence-corrected chi connectivity index (χ0v) is 15.8. The van der Waals surface area contributed by atoms with Gasteiger partial charge in [-0.2, -0.15) is 10.1 Å². The molecule has 0 aromatic heterocycles. The summed E-state index contributed by atoms with van der Waals surface area (Å²) in [5.41, 5.74) is 9.12. The zero-order chi connectivity index (χ0) is 12.6. The van der Waals surface area contributed by atoms with Crippen molar-refractivity contribution in [3.8, 4) is 0 Å². The fourth-order valence-corrected chi connectivity index (χ4v) is 0. The minimum absolute atomic E-state index is 0.312. The number of hydroxylamine groups is 4. The van der Waals surface area contributed by atoms with Gasteiger partial charge >= 0.3 is 56.7 Å². The van der Waals surface area contributed by atoms with Crippen LogP contribution in [0.4, 0.5) is 0 Å². The van der Waals surface area contributed by atoms with Gasteiger partial charge in [0.15, 0.2) is 0 Å². The average molecular weight is 322 g/mol. The van der Waals surface area contributed by atoms with Crippen molar-refractivity contribution in [2.75, 3.05) is 28.2 Å². The Morgan fingerprint density at radius 3 is 0.643 bits per heavy atom. The van der Waals surface area contributed by atoms with Crippen LogP contribution in [-0.4, -0.2) is 83.5 Å². The summed E-state index contributed by atoms with van der Waals surface area (Å²) in [5.74, 6) is 0. The van der Waals surface area contributed by atoms with E-state index in [4.69, 9.17) is 10.4 Å². The van der Waals surface area contributed by atoms with Gasteiger partial charge in [-0.1, -0.05) is 0 Å². The molecule has 0 aliphatic heterocycles. The molecule has 0 spiro atoms. The van der Waals surface area contributed by atoms with Crippen LogP contribution < -0.4 is 0 Å². The summed E-state index contributed by atoms with van der Waals surface area (Å²) in [6.07, 6.45) is 0. The molecule has 0 unspecified atom stereocenters. The van der Waals surface area contributed by atoms with Gasteiger partial charge in [-0.05, 0) is 0 Å². The van der Waals surface area contributed by atoms with Crippen molar-refractivity contribution < 1.29 is 10.4 Å². The van der Waals surface area contributed by atoms with Crippen molar-refractivity contribution in [1.29, 1.82) is 0 Å². The molecule has 0 aromatic rings. The Bertz CT molecular complexity index is 53.8. The summed E-state index contributed by atoms with van der Waals surface area (Å²) in [6.45, 7) is 0. The first-order chi connectivity index (χ1) is 6.29. The van der Waals surface area contributed by atoms with E-state index in [2.05, 4.69) is 21.9 Å². The molecule has 0 aliphatic rings. The Hall–Kier alpha value is 1.11. The van der Waals surface area contributed by atoms with Crippen molar-refractivity contribution in [3.05, 3.63) is 0 Å². The summed E-state index contributed by atoms with van der Waals surface area (Å²) in [5, 5.41) is 17.8. The summed E-state index contributed by atoms with van der Waals surface area (Å²) >= 11 is 0.625. The van der Waals surface area contributed by atoms with Crippen molar-refractivity contribution in [1.82, 2.24) is 10.1 Å². The van der Waals surface area contributed by atoms with Gasteiger partial charge in [0.1, 0.15) is 0 Å². The molecule has 0 fully saturated rings. The Labute approximate surface area is 105 Å². The summed E-state index contributed by atoms with van der Waals surface area (Å²) in [6, 6.07) is 0. The van der Waals surface area contributed by atoms with Crippen LogP contribution in [-0.2, 0) is 0 Å². The van der Waals surface area contributed by atoms with Gasteiger partial charge in [0, 0.05) is 28.2 Å². The van der Waals surface area contributed by atoms with E-state index in [9.17, 15) is 0 Å². The molecule has 14 heavy (non-hydrogen) atoms. The van der Waals surface area contributed by atoms with Crippen LogP contribution in [0.2, 0.25) is 21.9 Å². The molecule has 0 atom stereocenters. The van der Waals surface area contributed by atoms with Crippen molar-refractivity contribution in [2.45, 2.75) is 21.9 Å². The average Bonchev–Trinajstić information content (AvgIpc) is 1.85. The molecule has 4 nitrogen and oxygen atoms in total. The van der Waals surface area contributed by atoms with Crippen LogP contribution in [0.3, 0.4) is 0 Å². The second kappa shape index (κ2) is 29.2. The summed E-state index contributed by atoms with van der Waals surface area (Å²) in [4.78, 5) is 0. The first-order valence-electron chi connectivity index (χ1n) is 4.50. The monoisotopic (exact) mass is 320 g/mol. The van der Waals surface area contributed by atoms with Crippen LogP contribution in [0.5, 0.6) is 0 Å². The molecule has 0 bridgehead atoms. The molecule has 0 rings (SSSR count). The predicted molar refractivity (Wildman–Crippen MR) is 65.9 cm³/mol. The zero-order valence-electron chi connectivity index (χ0n) is 10.9. The molecule has 0 aromatic carbocycles. The molecule has 0 saturated heterocycles. The Morgan fingerprint density at radius 1 is 0.643 bits per heavy atom. The third kappa shape index (κ3) is 1550. The first kappa shape index (κ1) is 24.4. The predicted octanol–water partition coefficient (Wildman–Crippen LogP) is 1.45. The molecular weight excluding hydrogens is 296 g/mol. The van der Waals surface area contributed by atoms with Gasteiger partial charge in [0.2, 0.25) is 0 Å². The molecule has 2 N–H and O–H groups in total. The quantitative estimate of drug-likeness (QED) is 0.524. The standard InChI is InChI=1S/2C2H7NO.4CH3.2Ga/c2*1-3(2)4;;;;;;/h2*4H,1-2H3;4*1H3;;. The van der Waals surface area contributed by atoms with E-state index in [-0.39, 0.29) is 0 Å². The fourth-order valence-electron chi connectivity index (χ4n) is 0. The van der Waals surface area contributed by atoms with Gasteiger partial charge in [0.25, 0.3) is 0 Å². The van der Waals surface area contributed by atoms with Crippen molar-refractivity contribution in [3.63, 3.8) is 0 Å². The normalized spacial score (nSPS) is 7.14. The minimum atomic E-state index is 0.312. The molecule has 0 amide bonds. The molecule has 0 saturated carbocycles. The first-order valence-corrected chi connectivity index (χ1v) is 14.2. The number of nitrogens with zero attached hydrogens (tertiary/aromatic N) is 2. The van der Waals surface area contributed by atoms with Crippen LogP contribution in [0, 0.1) is 0 Å². The van der Waals surface area contributed by atoms with E-state index < -0.39 is 0 Å². The fraction of sp³-hybridized carbons (Fsp3) is 1.00. The van der Waals surface area contributed by atoms with Crippen molar-refractivity contribution >= 4 is 34.8 Å². The molecule has 2 radical (unpaired) electrons. The van der Waals surface area contributed by atoms with E-state index in [1.165, 1.54) is 0 Å². The van der Waals surface area contributed by atoms with Crippen LogP contribution >= 0.6 is 0 Å². The number of rotatable bonds is 0. The molecular formula is C8H26Ga2N2O2. The second-order valence-corrected chi connectivity index (χ2v) is 7.69. The molecule has 0 heterocycles. The molecule has 0 aliphatic carbocycles. The Morgan fingerprint density at radius 2 is 0.643 bits per heavy atom. The SMILES string of the molecule is CN(C)O.CN(C)O.[CH3][Ga][CH3].[CH3][Ga][CH3]. The Kier molecular flexibility index (Phi) is 50.9. The molecule has 6 heteroatoms. The summed E-state index contributed by atoms with van der Waals surface area (Å²) < 4.78 is 0. The second-order valence-electron chi connectivity index (χ2n) is 2.85. The topological polar surface area (TPSA) is 46.9 Å². The van der Waals surface area contributed by atoms with E-state index in [0.29, 0.717) is 34.8 Å². The van der Waals surface area contributed by atoms with Gasteiger partial charge in [-0.3, -0.25) is 0 Å². The Balaban J connectivity index is -0.0000000482. The number of hydrogen-bond acceptors (Lipinski definition) is 4. The maximum atomic E-state index is 7.89. The summed E-state index contributed by atoms with van der Waals surface area (Å²) in [7, 11) is 6.22. The maximum absolute atomic E-state index is 7.89. The van der Waals surface area contributed by atoms with E-state index in [1.54, 1.807) is 28.2 Å². The van der Waals surface area contributed by atoms with Gasteiger partial charge in [-0.15, -0.1) is 0 Å².